The van der Waals surface area contributed by atoms with E-state index in [-0.39, 0.29) is 13.2 Å². The van der Waals surface area contributed by atoms with Crippen molar-refractivity contribution in [3.05, 3.63) is 29.8 Å². The molecule has 0 heterocycles. The first-order chi connectivity index (χ1) is 8.43. The summed E-state index contributed by atoms with van der Waals surface area (Å²) in [4.78, 5) is 11.0. The van der Waals surface area contributed by atoms with E-state index in [2.05, 4.69) is 9.46 Å². The number of carbonyl (C=O) groups is 1. The Morgan fingerprint density at radius 2 is 2.17 bits per heavy atom. The van der Waals surface area contributed by atoms with Crippen LogP contribution in [0.15, 0.2) is 24.3 Å². The van der Waals surface area contributed by atoms with Gasteiger partial charge >= 0.3 is 16.3 Å². The second-order valence-electron chi connectivity index (χ2n) is 3.39. The average molecular weight is 273 g/mol. The Kier molecular flexibility index (Phi) is 4.93. The predicted molar refractivity (Wildman–Crippen MR) is 66.8 cm³/mol. The minimum Gasteiger partial charge on any atom is -0.449 e. The van der Waals surface area contributed by atoms with Crippen LogP contribution >= 0.6 is 0 Å². The van der Waals surface area contributed by atoms with Gasteiger partial charge in [-0.2, -0.15) is 13.1 Å². The number of nitrogens with one attached hydrogen (secondary N) is 2. The Balaban J connectivity index is 2.54. The van der Waals surface area contributed by atoms with Crippen molar-refractivity contribution in [2.24, 2.45) is 0 Å². The van der Waals surface area contributed by atoms with Gasteiger partial charge in [-0.3, -0.25) is 0 Å². The number of benzene rings is 1. The average Bonchev–Trinajstić information content (AvgIpc) is 2.26. The Hall–Kier alpha value is -1.80. The second-order valence-corrected chi connectivity index (χ2v) is 4.89. The van der Waals surface area contributed by atoms with Crippen LogP contribution in [0.4, 0.5) is 10.5 Å². The monoisotopic (exact) mass is 273 g/mol. The van der Waals surface area contributed by atoms with E-state index >= 15 is 0 Å². The van der Waals surface area contributed by atoms with Crippen LogP contribution in [0.2, 0.25) is 0 Å². The molecule has 0 aliphatic rings. The number of hydrogen-bond acceptors (Lipinski definition) is 5. The first-order valence-electron chi connectivity index (χ1n) is 5.21. The van der Waals surface area contributed by atoms with E-state index in [9.17, 15) is 13.2 Å². The van der Waals surface area contributed by atoms with E-state index in [0.717, 1.165) is 0 Å². The fourth-order valence-corrected chi connectivity index (χ4v) is 1.89. The van der Waals surface area contributed by atoms with Crippen LogP contribution in [0.1, 0.15) is 12.5 Å². The molecule has 0 aliphatic carbocycles. The lowest BCUT2D eigenvalue weighted by Gasteiger charge is -2.08. The van der Waals surface area contributed by atoms with Gasteiger partial charge in [-0.05, 0) is 24.6 Å². The molecule has 0 saturated carbocycles. The zero-order valence-electron chi connectivity index (χ0n) is 9.84. The van der Waals surface area contributed by atoms with Crippen molar-refractivity contribution in [3.8, 4) is 0 Å². The van der Waals surface area contributed by atoms with Gasteiger partial charge in [-0.25, -0.2) is 9.52 Å². The summed E-state index contributed by atoms with van der Waals surface area (Å²) < 4.78 is 31.2. The summed E-state index contributed by atoms with van der Waals surface area (Å²) in [5.41, 5.74) is 6.77. The molecular weight excluding hydrogens is 258 g/mol. The normalized spacial score (nSPS) is 10.9. The SMILES string of the molecule is CCOC(=O)NS(=O)(=O)NCc1cccc(N)c1. The molecule has 0 aliphatic heterocycles. The molecule has 1 aromatic carbocycles. The summed E-state index contributed by atoms with van der Waals surface area (Å²) in [6.07, 6.45) is -1.02. The zero-order valence-corrected chi connectivity index (χ0v) is 10.7. The Morgan fingerprint density at radius 1 is 1.44 bits per heavy atom. The predicted octanol–water partition coefficient (Wildman–Crippen LogP) is 0.349. The lowest BCUT2D eigenvalue weighted by Crippen LogP contribution is -2.40. The Morgan fingerprint density at radius 3 is 2.78 bits per heavy atom. The zero-order chi connectivity index (χ0) is 13.6. The van der Waals surface area contributed by atoms with Crippen LogP contribution < -0.4 is 15.2 Å². The first-order valence-corrected chi connectivity index (χ1v) is 6.70. The molecule has 100 valence electrons. The number of anilines is 1. The summed E-state index contributed by atoms with van der Waals surface area (Å²) in [6, 6.07) is 6.74. The van der Waals surface area contributed by atoms with Crippen molar-refractivity contribution in [1.29, 1.82) is 0 Å². The van der Waals surface area contributed by atoms with Crippen LogP contribution in [-0.4, -0.2) is 21.1 Å². The largest absolute Gasteiger partial charge is 0.449 e. The molecular formula is C10H15N3O4S. The highest BCUT2D eigenvalue weighted by atomic mass is 32.2. The van der Waals surface area contributed by atoms with E-state index in [1.54, 1.807) is 35.9 Å². The van der Waals surface area contributed by atoms with Crippen molar-refractivity contribution < 1.29 is 17.9 Å². The molecule has 0 fully saturated rings. The van der Waals surface area contributed by atoms with Gasteiger partial charge in [0.25, 0.3) is 0 Å². The number of nitrogens with two attached hydrogens (primary N) is 1. The maximum Gasteiger partial charge on any atom is 0.421 e. The van der Waals surface area contributed by atoms with Gasteiger partial charge in [-0.1, -0.05) is 12.1 Å². The van der Waals surface area contributed by atoms with Crippen LogP contribution in [0.5, 0.6) is 0 Å². The standard InChI is InChI=1S/C10H15N3O4S/c1-2-17-10(14)13-18(15,16)12-7-8-4-3-5-9(11)6-8/h3-6,12H,2,7,11H2,1H3,(H,13,14). The summed E-state index contributed by atoms with van der Waals surface area (Å²) in [5, 5.41) is 0. The summed E-state index contributed by atoms with van der Waals surface area (Å²) in [7, 11) is -3.93. The third kappa shape index (κ3) is 5.02. The molecule has 0 atom stereocenters. The third-order valence-electron chi connectivity index (χ3n) is 1.91. The van der Waals surface area contributed by atoms with Crippen LogP contribution in [0.25, 0.3) is 0 Å². The molecule has 18 heavy (non-hydrogen) atoms. The van der Waals surface area contributed by atoms with Crippen LogP contribution in [-0.2, 0) is 21.5 Å². The van der Waals surface area contributed by atoms with Crippen molar-refractivity contribution in [3.63, 3.8) is 0 Å². The van der Waals surface area contributed by atoms with Crippen molar-refractivity contribution in [2.45, 2.75) is 13.5 Å². The van der Waals surface area contributed by atoms with Gasteiger partial charge < -0.3 is 10.5 Å². The first kappa shape index (κ1) is 14.3. The van der Waals surface area contributed by atoms with Crippen molar-refractivity contribution in [2.75, 3.05) is 12.3 Å². The highest BCUT2D eigenvalue weighted by Gasteiger charge is 2.14. The summed E-state index contributed by atoms with van der Waals surface area (Å²) in [5.74, 6) is 0. The lowest BCUT2D eigenvalue weighted by molar-refractivity contribution is 0.158. The molecule has 0 bridgehead atoms. The summed E-state index contributed by atoms with van der Waals surface area (Å²) >= 11 is 0. The molecule has 1 amide bonds. The number of carbonyl (C=O) groups excluding carboxylic acids is 1. The van der Waals surface area contributed by atoms with Crippen LogP contribution in [0, 0.1) is 0 Å². The third-order valence-corrected chi connectivity index (χ3v) is 2.87. The van der Waals surface area contributed by atoms with Gasteiger partial charge in [0.15, 0.2) is 0 Å². The molecule has 0 saturated heterocycles. The van der Waals surface area contributed by atoms with E-state index in [1.165, 1.54) is 0 Å². The molecule has 0 spiro atoms. The topological polar surface area (TPSA) is 111 Å². The smallest absolute Gasteiger partial charge is 0.421 e. The Labute approximate surface area is 106 Å². The summed E-state index contributed by atoms with van der Waals surface area (Å²) in [6.45, 7) is 1.70. The molecule has 4 N–H and O–H groups in total. The van der Waals surface area contributed by atoms with E-state index in [0.29, 0.717) is 11.3 Å². The lowest BCUT2D eigenvalue weighted by atomic mass is 10.2. The molecule has 0 radical (unpaired) electrons. The van der Waals surface area contributed by atoms with Gasteiger partial charge in [0.1, 0.15) is 0 Å². The fourth-order valence-electron chi connectivity index (χ4n) is 1.19. The van der Waals surface area contributed by atoms with Crippen LogP contribution in [0.3, 0.4) is 0 Å². The number of rotatable bonds is 5. The van der Waals surface area contributed by atoms with E-state index in [4.69, 9.17) is 5.73 Å². The van der Waals surface area contributed by atoms with Crippen molar-refractivity contribution >= 4 is 22.0 Å². The maximum atomic E-state index is 11.4. The van der Waals surface area contributed by atoms with Crippen molar-refractivity contribution in [1.82, 2.24) is 9.44 Å². The number of hydrogen-bond donors (Lipinski definition) is 3. The van der Waals surface area contributed by atoms with E-state index < -0.39 is 16.3 Å². The number of amides is 1. The van der Waals surface area contributed by atoms with Gasteiger partial charge in [0.2, 0.25) is 0 Å². The quantitative estimate of drug-likeness (QED) is 0.670. The van der Waals surface area contributed by atoms with E-state index in [1.807, 2.05) is 0 Å². The van der Waals surface area contributed by atoms with Gasteiger partial charge in [0, 0.05) is 12.2 Å². The maximum absolute atomic E-state index is 11.4. The molecule has 0 aromatic heterocycles. The van der Waals surface area contributed by atoms with Gasteiger partial charge in [0.05, 0.1) is 6.61 Å². The molecule has 7 nitrogen and oxygen atoms in total. The minimum atomic E-state index is -3.93. The molecule has 1 rings (SSSR count). The minimum absolute atomic E-state index is 0.0276. The Bertz CT molecular complexity index is 516. The van der Waals surface area contributed by atoms with Gasteiger partial charge in [-0.15, -0.1) is 0 Å². The highest BCUT2D eigenvalue weighted by Crippen LogP contribution is 2.06. The number of ether oxygens (including phenoxy) is 1. The molecule has 1 aromatic rings. The highest BCUT2D eigenvalue weighted by molar-refractivity contribution is 7.88. The molecule has 0 unspecified atom stereocenters. The second kappa shape index (κ2) is 6.22. The number of nitrogen functional groups attached to an aromatic ring is 1. The molecule has 8 heteroatoms. The fraction of sp³-hybridized carbons (Fsp3) is 0.300.